The molecule has 4 heteroatoms. The van der Waals surface area contributed by atoms with Gasteiger partial charge in [0, 0.05) is 19.1 Å². The van der Waals surface area contributed by atoms with Crippen LogP contribution in [0.5, 0.6) is 0 Å². The van der Waals surface area contributed by atoms with Crippen molar-refractivity contribution in [2.45, 2.75) is 32.7 Å². The largest absolute Gasteiger partial charge is 0.361 e. The minimum Gasteiger partial charge on any atom is -0.361 e. The molecule has 0 unspecified atom stereocenters. The average molecular weight is 215 g/mol. The minimum absolute atomic E-state index is 0.656. The van der Waals surface area contributed by atoms with Gasteiger partial charge in [0.15, 0.2) is 5.11 Å². The highest BCUT2D eigenvalue weighted by atomic mass is 32.1. The Balaban J connectivity index is 1.98. The van der Waals surface area contributed by atoms with E-state index in [9.17, 15) is 0 Å². The molecule has 0 atom stereocenters. The Hall–Kier alpha value is -0.350. The monoisotopic (exact) mass is 215 g/mol. The summed E-state index contributed by atoms with van der Waals surface area (Å²) in [6.45, 7) is 8.61. The molecule has 0 aromatic heterocycles. The van der Waals surface area contributed by atoms with E-state index in [1.54, 1.807) is 0 Å². The first kappa shape index (κ1) is 11.7. The highest BCUT2D eigenvalue weighted by Crippen LogP contribution is 2.18. The van der Waals surface area contributed by atoms with E-state index in [2.05, 4.69) is 29.4 Å². The van der Waals surface area contributed by atoms with E-state index in [0.29, 0.717) is 6.04 Å². The predicted octanol–water partition coefficient (Wildman–Crippen LogP) is 0.955. The molecule has 14 heavy (non-hydrogen) atoms. The van der Waals surface area contributed by atoms with E-state index < -0.39 is 0 Å². The van der Waals surface area contributed by atoms with Crippen LogP contribution in [0, 0.1) is 0 Å². The predicted molar refractivity (Wildman–Crippen MR) is 64.5 cm³/mol. The summed E-state index contributed by atoms with van der Waals surface area (Å²) in [5, 5.41) is 7.32. The molecule has 0 spiro atoms. The van der Waals surface area contributed by atoms with E-state index in [4.69, 9.17) is 12.2 Å². The van der Waals surface area contributed by atoms with Gasteiger partial charge in [-0.2, -0.15) is 0 Å². The fraction of sp³-hybridized carbons (Fsp3) is 0.900. The average Bonchev–Trinajstić information content (AvgIpc) is 2.96. The lowest BCUT2D eigenvalue weighted by atomic mass is 10.4. The van der Waals surface area contributed by atoms with Gasteiger partial charge in [-0.15, -0.1) is 0 Å². The third-order valence-electron chi connectivity index (χ3n) is 2.52. The molecular weight excluding hydrogens is 194 g/mol. The minimum atomic E-state index is 0.656. The fourth-order valence-electron chi connectivity index (χ4n) is 1.33. The van der Waals surface area contributed by atoms with Crippen molar-refractivity contribution >= 4 is 17.3 Å². The molecule has 1 fully saturated rings. The molecular formula is C10H21N3S. The Morgan fingerprint density at radius 2 is 2.00 bits per heavy atom. The number of nitrogens with one attached hydrogen (secondary N) is 2. The van der Waals surface area contributed by atoms with Crippen molar-refractivity contribution in [1.29, 1.82) is 0 Å². The molecule has 1 aliphatic rings. The second-order valence-corrected chi connectivity index (χ2v) is 4.11. The van der Waals surface area contributed by atoms with E-state index in [1.165, 1.54) is 12.8 Å². The number of likely N-dealkylation sites (N-methyl/N-ethyl adjacent to an activating group) is 1. The second kappa shape index (κ2) is 6.19. The van der Waals surface area contributed by atoms with Crippen molar-refractivity contribution in [2.75, 3.05) is 26.2 Å². The number of hydrogen-bond acceptors (Lipinski definition) is 2. The van der Waals surface area contributed by atoms with Gasteiger partial charge in [0.05, 0.1) is 0 Å². The Bertz CT molecular complexity index is 176. The molecule has 0 aromatic rings. The molecule has 0 radical (unpaired) electrons. The molecule has 0 bridgehead atoms. The van der Waals surface area contributed by atoms with E-state index in [0.717, 1.165) is 31.3 Å². The summed E-state index contributed by atoms with van der Waals surface area (Å²) in [6, 6.07) is 0.656. The van der Waals surface area contributed by atoms with Gasteiger partial charge in [-0.05, 0) is 38.1 Å². The van der Waals surface area contributed by atoms with Crippen LogP contribution in [-0.2, 0) is 0 Å². The number of hydrogen-bond donors (Lipinski definition) is 2. The Kier molecular flexibility index (Phi) is 5.19. The van der Waals surface area contributed by atoms with Crippen molar-refractivity contribution < 1.29 is 0 Å². The van der Waals surface area contributed by atoms with Gasteiger partial charge in [-0.3, -0.25) is 0 Å². The van der Waals surface area contributed by atoms with Crippen LogP contribution in [0.4, 0.5) is 0 Å². The first-order chi connectivity index (χ1) is 6.76. The molecule has 0 heterocycles. The van der Waals surface area contributed by atoms with Gasteiger partial charge in [-0.25, -0.2) is 0 Å². The van der Waals surface area contributed by atoms with E-state index in [1.807, 2.05) is 0 Å². The maximum atomic E-state index is 5.15. The first-order valence-corrected chi connectivity index (χ1v) is 5.93. The molecule has 0 aliphatic heterocycles. The maximum Gasteiger partial charge on any atom is 0.166 e. The molecule has 1 saturated carbocycles. The summed E-state index contributed by atoms with van der Waals surface area (Å²) in [7, 11) is 0. The number of thiocarbonyl (C=S) groups is 1. The van der Waals surface area contributed by atoms with Crippen LogP contribution >= 0.6 is 12.2 Å². The molecule has 82 valence electrons. The van der Waals surface area contributed by atoms with Crippen LogP contribution in [-0.4, -0.2) is 42.2 Å². The zero-order valence-electron chi connectivity index (χ0n) is 9.18. The summed E-state index contributed by atoms with van der Waals surface area (Å²) in [4.78, 5) is 2.38. The zero-order chi connectivity index (χ0) is 10.4. The third-order valence-corrected chi connectivity index (χ3v) is 2.78. The molecule has 0 amide bonds. The number of rotatable bonds is 6. The summed E-state index contributed by atoms with van der Waals surface area (Å²) >= 11 is 5.15. The smallest absolute Gasteiger partial charge is 0.166 e. The highest BCUT2D eigenvalue weighted by molar-refractivity contribution is 7.80. The van der Waals surface area contributed by atoms with Crippen LogP contribution < -0.4 is 10.6 Å². The zero-order valence-corrected chi connectivity index (χ0v) is 9.99. The fourth-order valence-corrected chi connectivity index (χ4v) is 1.60. The third kappa shape index (κ3) is 4.77. The standard InChI is InChI=1S/C10H21N3S/c1-3-13(4-2)8-7-11-10(14)12-9-5-6-9/h9H,3-8H2,1-2H3,(H2,11,12,14). The van der Waals surface area contributed by atoms with E-state index in [-0.39, 0.29) is 0 Å². The van der Waals surface area contributed by atoms with E-state index >= 15 is 0 Å². The molecule has 1 rings (SSSR count). The van der Waals surface area contributed by atoms with Crippen LogP contribution in [0.1, 0.15) is 26.7 Å². The Labute approximate surface area is 92.2 Å². The molecule has 1 aliphatic carbocycles. The maximum absolute atomic E-state index is 5.15. The van der Waals surface area contributed by atoms with Gasteiger partial charge < -0.3 is 15.5 Å². The highest BCUT2D eigenvalue weighted by Gasteiger charge is 2.21. The Morgan fingerprint density at radius 1 is 1.36 bits per heavy atom. The summed E-state index contributed by atoms with van der Waals surface area (Å²) in [5.74, 6) is 0. The van der Waals surface area contributed by atoms with Gasteiger partial charge >= 0.3 is 0 Å². The molecule has 2 N–H and O–H groups in total. The van der Waals surface area contributed by atoms with Gasteiger partial charge in [0.1, 0.15) is 0 Å². The van der Waals surface area contributed by atoms with Gasteiger partial charge in [-0.1, -0.05) is 13.8 Å². The van der Waals surface area contributed by atoms with Crippen LogP contribution in [0.2, 0.25) is 0 Å². The lowest BCUT2D eigenvalue weighted by molar-refractivity contribution is 0.308. The SMILES string of the molecule is CCN(CC)CCNC(=S)NC1CC1. The lowest BCUT2D eigenvalue weighted by Crippen LogP contribution is -2.40. The van der Waals surface area contributed by atoms with Crippen LogP contribution in [0.25, 0.3) is 0 Å². The van der Waals surface area contributed by atoms with Crippen molar-refractivity contribution in [3.63, 3.8) is 0 Å². The topological polar surface area (TPSA) is 27.3 Å². The second-order valence-electron chi connectivity index (χ2n) is 3.70. The lowest BCUT2D eigenvalue weighted by Gasteiger charge is -2.18. The van der Waals surface area contributed by atoms with Crippen molar-refractivity contribution in [1.82, 2.24) is 15.5 Å². The summed E-state index contributed by atoms with van der Waals surface area (Å²) in [5.41, 5.74) is 0. The molecule has 3 nitrogen and oxygen atoms in total. The van der Waals surface area contributed by atoms with Crippen LogP contribution in [0.15, 0.2) is 0 Å². The van der Waals surface area contributed by atoms with Crippen LogP contribution in [0.3, 0.4) is 0 Å². The van der Waals surface area contributed by atoms with Crippen molar-refractivity contribution in [2.24, 2.45) is 0 Å². The summed E-state index contributed by atoms with van der Waals surface area (Å²) in [6.07, 6.45) is 2.55. The quantitative estimate of drug-likeness (QED) is 0.645. The van der Waals surface area contributed by atoms with Crippen molar-refractivity contribution in [3.8, 4) is 0 Å². The normalized spacial score (nSPS) is 15.6. The first-order valence-electron chi connectivity index (χ1n) is 5.53. The molecule has 0 saturated heterocycles. The van der Waals surface area contributed by atoms with Gasteiger partial charge in [0.2, 0.25) is 0 Å². The molecule has 0 aromatic carbocycles. The number of nitrogens with zero attached hydrogens (tertiary/aromatic N) is 1. The Morgan fingerprint density at radius 3 is 2.50 bits per heavy atom. The van der Waals surface area contributed by atoms with Gasteiger partial charge in [0.25, 0.3) is 0 Å². The van der Waals surface area contributed by atoms with Crippen molar-refractivity contribution in [3.05, 3.63) is 0 Å². The summed E-state index contributed by atoms with van der Waals surface area (Å²) < 4.78 is 0.